The van der Waals surface area contributed by atoms with Gasteiger partial charge in [-0.05, 0) is 58.0 Å². The topological polar surface area (TPSA) is 0 Å². The molecule has 0 N–H and O–H groups in total. The van der Waals surface area contributed by atoms with Gasteiger partial charge in [-0.25, -0.2) is 0 Å². The number of rotatable bonds is 0. The van der Waals surface area contributed by atoms with E-state index >= 15 is 0 Å². The maximum atomic E-state index is 2.27. The highest BCUT2D eigenvalue weighted by Crippen LogP contribution is 2.48. The molecule has 0 amide bonds. The lowest BCUT2D eigenvalue weighted by molar-refractivity contribution is 1.35. The lowest BCUT2D eigenvalue weighted by atomic mass is 9.95. The van der Waals surface area contributed by atoms with Crippen molar-refractivity contribution < 1.29 is 0 Å². The Balaban J connectivity index is 2.28. The first-order valence-electron chi connectivity index (χ1n) is 6.40. The molecule has 3 aromatic rings. The number of hydrogen-bond acceptors (Lipinski definition) is 0. The molecule has 0 atom stereocenters. The molecule has 1 aliphatic carbocycles. The number of hydrogen-bond donors (Lipinski definition) is 0. The fourth-order valence-corrected chi connectivity index (χ4v) is 3.16. The van der Waals surface area contributed by atoms with Crippen LogP contribution < -0.4 is 0 Å². The summed E-state index contributed by atoms with van der Waals surface area (Å²) in [5.74, 6) is 0. The first-order valence-corrected chi connectivity index (χ1v) is 6.40. The van der Waals surface area contributed by atoms with Crippen LogP contribution in [0.15, 0.2) is 48.5 Å². The molecular weight excluding hydrogens is 216 g/mol. The van der Waals surface area contributed by atoms with E-state index in [9.17, 15) is 0 Å². The van der Waals surface area contributed by atoms with E-state index in [0.29, 0.717) is 0 Å². The summed E-state index contributed by atoms with van der Waals surface area (Å²) in [4.78, 5) is 0. The molecule has 1 aliphatic rings. The minimum Gasteiger partial charge on any atom is -0.0610 e. The van der Waals surface area contributed by atoms with Crippen molar-refractivity contribution in [1.29, 1.82) is 0 Å². The van der Waals surface area contributed by atoms with E-state index in [0.717, 1.165) is 0 Å². The van der Waals surface area contributed by atoms with Crippen molar-refractivity contribution in [1.82, 2.24) is 0 Å². The van der Waals surface area contributed by atoms with Gasteiger partial charge in [-0.15, -0.1) is 0 Å². The second-order valence-electron chi connectivity index (χ2n) is 5.14. The quantitative estimate of drug-likeness (QED) is 0.394. The molecule has 86 valence electrons. The van der Waals surface area contributed by atoms with E-state index in [1.165, 1.54) is 44.2 Å². The molecule has 0 nitrogen and oxygen atoms in total. The molecule has 0 unspecified atom stereocenters. The first-order chi connectivity index (χ1) is 8.77. The molecule has 3 aromatic carbocycles. The molecule has 4 rings (SSSR count). The first kappa shape index (κ1) is 9.90. The maximum absolute atomic E-state index is 2.27. The predicted octanol–water partition coefficient (Wildman–Crippen LogP) is 5.10. The molecule has 0 spiro atoms. The Labute approximate surface area is 107 Å². The molecule has 0 fully saturated rings. The highest BCUT2D eigenvalue weighted by molar-refractivity contribution is 6.15. The molecular formula is C18H14. The Morgan fingerprint density at radius 2 is 1.39 bits per heavy atom. The van der Waals surface area contributed by atoms with E-state index in [4.69, 9.17) is 0 Å². The van der Waals surface area contributed by atoms with Crippen molar-refractivity contribution in [3.63, 3.8) is 0 Å². The van der Waals surface area contributed by atoms with Crippen molar-refractivity contribution in [3.05, 3.63) is 59.7 Å². The summed E-state index contributed by atoms with van der Waals surface area (Å²) in [6, 6.07) is 17.7. The van der Waals surface area contributed by atoms with E-state index in [1.807, 2.05) is 0 Å². The van der Waals surface area contributed by atoms with E-state index < -0.39 is 0 Å². The summed E-state index contributed by atoms with van der Waals surface area (Å²) in [6.07, 6.45) is 0. The molecule has 0 aromatic heterocycles. The van der Waals surface area contributed by atoms with Crippen LogP contribution in [0.5, 0.6) is 0 Å². The van der Waals surface area contributed by atoms with Crippen molar-refractivity contribution in [2.75, 3.05) is 0 Å². The molecule has 0 heteroatoms. The van der Waals surface area contributed by atoms with Crippen molar-refractivity contribution >= 4 is 10.8 Å². The van der Waals surface area contributed by atoms with Crippen molar-refractivity contribution in [2.45, 2.75) is 13.8 Å². The highest BCUT2D eigenvalue weighted by atomic mass is 14.3. The number of fused-ring (bicyclic) bond motifs is 3. The third kappa shape index (κ3) is 1.06. The Kier molecular flexibility index (Phi) is 1.78. The average Bonchev–Trinajstić information content (AvgIpc) is 2.72. The highest BCUT2D eigenvalue weighted by Gasteiger charge is 2.22. The van der Waals surface area contributed by atoms with Crippen LogP contribution in [-0.4, -0.2) is 0 Å². The van der Waals surface area contributed by atoms with Crippen LogP contribution in [0.25, 0.3) is 33.0 Å². The monoisotopic (exact) mass is 230 g/mol. The summed E-state index contributed by atoms with van der Waals surface area (Å²) >= 11 is 0. The normalized spacial score (nSPS) is 11.9. The average molecular weight is 230 g/mol. The molecule has 18 heavy (non-hydrogen) atoms. The summed E-state index contributed by atoms with van der Waals surface area (Å²) in [7, 11) is 0. The van der Waals surface area contributed by atoms with E-state index in [-0.39, 0.29) is 0 Å². The molecule has 0 bridgehead atoms. The zero-order valence-corrected chi connectivity index (χ0v) is 10.6. The summed E-state index contributed by atoms with van der Waals surface area (Å²) < 4.78 is 0. The molecule has 0 aliphatic heterocycles. The summed E-state index contributed by atoms with van der Waals surface area (Å²) in [5, 5.41) is 2.77. The van der Waals surface area contributed by atoms with E-state index in [2.05, 4.69) is 62.4 Å². The van der Waals surface area contributed by atoms with Gasteiger partial charge >= 0.3 is 0 Å². The van der Waals surface area contributed by atoms with Crippen LogP contribution in [0, 0.1) is 13.8 Å². The van der Waals surface area contributed by atoms with Gasteiger partial charge in [-0.1, -0.05) is 48.5 Å². The Hall–Kier alpha value is -2.08. The minimum absolute atomic E-state index is 1.35. The lowest BCUT2D eigenvalue weighted by Crippen LogP contribution is -1.86. The SMILES string of the molecule is Cc1ccc2c(c1C)-c1cccc3cccc-2c13. The maximum Gasteiger partial charge on any atom is -0.00263 e. The van der Waals surface area contributed by atoms with Crippen molar-refractivity contribution in [2.24, 2.45) is 0 Å². The van der Waals surface area contributed by atoms with Gasteiger partial charge in [-0.3, -0.25) is 0 Å². The Bertz CT molecular complexity index is 789. The van der Waals surface area contributed by atoms with Crippen LogP contribution in [0.1, 0.15) is 11.1 Å². The van der Waals surface area contributed by atoms with Gasteiger partial charge in [0, 0.05) is 0 Å². The Morgan fingerprint density at radius 3 is 2.17 bits per heavy atom. The summed E-state index contributed by atoms with van der Waals surface area (Å²) in [5.41, 5.74) is 8.40. The second-order valence-corrected chi connectivity index (χ2v) is 5.14. The fourth-order valence-electron chi connectivity index (χ4n) is 3.16. The largest absolute Gasteiger partial charge is 0.0610 e. The zero-order valence-electron chi connectivity index (χ0n) is 10.6. The van der Waals surface area contributed by atoms with Crippen LogP contribution in [0.3, 0.4) is 0 Å². The molecule has 0 saturated carbocycles. The van der Waals surface area contributed by atoms with Crippen LogP contribution >= 0.6 is 0 Å². The van der Waals surface area contributed by atoms with Gasteiger partial charge in [0.15, 0.2) is 0 Å². The fraction of sp³-hybridized carbons (Fsp3) is 0.111. The molecule has 0 heterocycles. The van der Waals surface area contributed by atoms with Gasteiger partial charge in [0.2, 0.25) is 0 Å². The smallest absolute Gasteiger partial charge is 0.00263 e. The third-order valence-electron chi connectivity index (χ3n) is 4.20. The van der Waals surface area contributed by atoms with Crippen molar-refractivity contribution in [3.8, 4) is 22.3 Å². The number of aryl methyl sites for hydroxylation is 1. The minimum atomic E-state index is 1.35. The van der Waals surface area contributed by atoms with Gasteiger partial charge in [0.1, 0.15) is 0 Å². The molecule has 0 saturated heterocycles. The van der Waals surface area contributed by atoms with Gasteiger partial charge in [-0.2, -0.15) is 0 Å². The molecule has 0 radical (unpaired) electrons. The van der Waals surface area contributed by atoms with Crippen LogP contribution in [0.4, 0.5) is 0 Å². The van der Waals surface area contributed by atoms with Gasteiger partial charge < -0.3 is 0 Å². The standard InChI is InChI=1S/C18H14/c1-11-9-10-15-14-7-3-5-13-6-4-8-16(18(13)14)17(15)12(11)2/h3-10H,1-2H3. The lowest BCUT2D eigenvalue weighted by Gasteiger charge is -2.08. The van der Waals surface area contributed by atoms with E-state index in [1.54, 1.807) is 0 Å². The zero-order chi connectivity index (χ0) is 12.3. The van der Waals surface area contributed by atoms with Gasteiger partial charge in [0.05, 0.1) is 0 Å². The second kappa shape index (κ2) is 3.23. The third-order valence-corrected chi connectivity index (χ3v) is 4.20. The predicted molar refractivity (Wildman–Crippen MR) is 77.9 cm³/mol. The van der Waals surface area contributed by atoms with Crippen LogP contribution in [0.2, 0.25) is 0 Å². The van der Waals surface area contributed by atoms with Gasteiger partial charge in [0.25, 0.3) is 0 Å². The summed E-state index contributed by atoms with van der Waals surface area (Å²) in [6.45, 7) is 4.43. The van der Waals surface area contributed by atoms with Crippen LogP contribution in [-0.2, 0) is 0 Å². The number of benzene rings is 3. The Morgan fingerprint density at radius 1 is 0.667 bits per heavy atom.